The molecule has 4 nitrogen and oxygen atoms in total. The molecule has 0 spiro atoms. The zero-order valence-corrected chi connectivity index (χ0v) is 11.4. The van der Waals surface area contributed by atoms with Crippen molar-refractivity contribution in [3.63, 3.8) is 0 Å². The van der Waals surface area contributed by atoms with E-state index in [0.29, 0.717) is 0 Å². The van der Waals surface area contributed by atoms with E-state index in [4.69, 9.17) is 23.2 Å². The number of nitrogens with zero attached hydrogens (tertiary/aromatic N) is 2. The van der Waals surface area contributed by atoms with Gasteiger partial charge in [-0.05, 0) is 12.1 Å². The molecule has 1 saturated heterocycles. The summed E-state index contributed by atoms with van der Waals surface area (Å²) in [5.74, 6) is -0.794. The van der Waals surface area contributed by atoms with Crippen LogP contribution in [0.3, 0.4) is 0 Å². The van der Waals surface area contributed by atoms with Gasteiger partial charge in [-0.3, -0.25) is 4.79 Å². The fourth-order valence-corrected chi connectivity index (χ4v) is 2.25. The second-order valence-electron chi connectivity index (χ2n) is 4.47. The zero-order chi connectivity index (χ0) is 15.1. The molecule has 1 aromatic rings. The molecule has 1 fully saturated rings. The van der Waals surface area contributed by atoms with Crippen molar-refractivity contribution in [2.24, 2.45) is 0 Å². The van der Waals surface area contributed by atoms with Crippen LogP contribution in [-0.2, 0) is 0 Å². The molecule has 0 bridgehead atoms. The summed E-state index contributed by atoms with van der Waals surface area (Å²) in [5.41, 5.74) is -3.13. The summed E-state index contributed by atoms with van der Waals surface area (Å²) in [6.07, 6.45) is -5.38. The first-order chi connectivity index (χ1) is 9.14. The molecule has 2 heterocycles. The molecule has 1 aromatic heterocycles. The molecule has 9 heteroatoms. The van der Waals surface area contributed by atoms with Gasteiger partial charge in [-0.2, -0.15) is 13.2 Å². The lowest BCUT2D eigenvalue weighted by Gasteiger charge is -2.25. The molecule has 0 aromatic carbocycles. The Morgan fingerprint density at radius 1 is 1.40 bits per heavy atom. The number of aliphatic hydroxyl groups is 1. The van der Waals surface area contributed by atoms with E-state index in [-0.39, 0.29) is 22.4 Å². The molecule has 20 heavy (non-hydrogen) atoms. The molecular weight excluding hydrogens is 320 g/mol. The lowest BCUT2D eigenvalue weighted by molar-refractivity contribution is -0.253. The molecule has 0 radical (unpaired) electrons. The first-order valence-electron chi connectivity index (χ1n) is 5.54. The predicted molar refractivity (Wildman–Crippen MR) is 65.8 cm³/mol. The zero-order valence-electron chi connectivity index (χ0n) is 9.92. The van der Waals surface area contributed by atoms with E-state index in [0.717, 1.165) is 4.90 Å². The second kappa shape index (κ2) is 5.05. The average molecular weight is 329 g/mol. The van der Waals surface area contributed by atoms with Crippen LogP contribution in [0.2, 0.25) is 10.2 Å². The van der Waals surface area contributed by atoms with Gasteiger partial charge in [-0.1, -0.05) is 23.2 Å². The number of hydrogen-bond acceptors (Lipinski definition) is 3. The fraction of sp³-hybridized carbons (Fsp3) is 0.455. The highest BCUT2D eigenvalue weighted by Crippen LogP contribution is 2.38. The number of rotatable bonds is 1. The number of amides is 1. The number of carbonyl (C=O) groups is 1. The molecular formula is C11H9Cl2F3N2O2. The van der Waals surface area contributed by atoms with E-state index in [1.165, 1.54) is 12.1 Å². The van der Waals surface area contributed by atoms with Gasteiger partial charge in [0.25, 0.3) is 5.91 Å². The van der Waals surface area contributed by atoms with Gasteiger partial charge in [-0.15, -0.1) is 0 Å². The molecule has 0 saturated carbocycles. The smallest absolute Gasteiger partial charge is 0.379 e. The summed E-state index contributed by atoms with van der Waals surface area (Å²) in [6, 6.07) is 2.69. The Balaban J connectivity index is 2.22. The average Bonchev–Trinajstić information content (AvgIpc) is 2.75. The number of pyridine rings is 1. The third kappa shape index (κ3) is 2.70. The largest absolute Gasteiger partial charge is 0.419 e. The van der Waals surface area contributed by atoms with Crippen LogP contribution in [0.5, 0.6) is 0 Å². The quantitative estimate of drug-likeness (QED) is 0.806. The summed E-state index contributed by atoms with van der Waals surface area (Å²) in [5, 5.41) is 9.51. The standard InChI is InChI=1S/C11H9Cl2F3N2O2/c12-6-1-2-7(13)17-8(6)9(19)18-4-3-10(20,5-18)11(14,15)16/h1-2,20H,3-5H2. The third-order valence-electron chi connectivity index (χ3n) is 3.08. The van der Waals surface area contributed by atoms with Crippen molar-refractivity contribution in [3.05, 3.63) is 28.0 Å². The minimum atomic E-state index is -4.80. The molecule has 1 aliphatic heterocycles. The van der Waals surface area contributed by atoms with Gasteiger partial charge in [-0.25, -0.2) is 4.98 Å². The molecule has 2 rings (SSSR count). The lowest BCUT2D eigenvalue weighted by atomic mass is 10.0. The van der Waals surface area contributed by atoms with Crippen LogP contribution in [0.1, 0.15) is 16.9 Å². The number of hydrogen-bond donors (Lipinski definition) is 1. The van der Waals surface area contributed by atoms with Crippen molar-refractivity contribution < 1.29 is 23.1 Å². The topological polar surface area (TPSA) is 53.4 Å². The number of alkyl halides is 3. The Labute approximate surface area is 122 Å². The summed E-state index contributed by atoms with van der Waals surface area (Å²) in [7, 11) is 0. The minimum Gasteiger partial charge on any atom is -0.379 e. The van der Waals surface area contributed by atoms with Crippen molar-refractivity contribution in [1.82, 2.24) is 9.88 Å². The van der Waals surface area contributed by atoms with Crippen molar-refractivity contribution in [3.8, 4) is 0 Å². The number of likely N-dealkylation sites (tertiary alicyclic amines) is 1. The third-order valence-corrected chi connectivity index (χ3v) is 3.59. The van der Waals surface area contributed by atoms with Crippen LogP contribution >= 0.6 is 23.2 Å². The van der Waals surface area contributed by atoms with E-state index in [9.17, 15) is 23.1 Å². The van der Waals surface area contributed by atoms with E-state index >= 15 is 0 Å². The Morgan fingerprint density at radius 2 is 2.05 bits per heavy atom. The molecule has 0 aliphatic carbocycles. The molecule has 110 valence electrons. The van der Waals surface area contributed by atoms with Gasteiger partial charge in [0.2, 0.25) is 0 Å². The summed E-state index contributed by atoms with van der Waals surface area (Å²) < 4.78 is 38.0. The Morgan fingerprint density at radius 3 is 2.60 bits per heavy atom. The minimum absolute atomic E-state index is 0.00281. The molecule has 1 amide bonds. The maximum Gasteiger partial charge on any atom is 0.419 e. The maximum absolute atomic E-state index is 12.7. The Bertz CT molecular complexity index is 553. The van der Waals surface area contributed by atoms with Gasteiger partial charge >= 0.3 is 6.18 Å². The lowest BCUT2D eigenvalue weighted by Crippen LogP contribution is -2.48. The fourth-order valence-electron chi connectivity index (χ4n) is 1.92. The molecule has 1 N–H and O–H groups in total. The van der Waals surface area contributed by atoms with E-state index in [1.807, 2.05) is 0 Å². The summed E-state index contributed by atoms with van der Waals surface area (Å²) >= 11 is 11.4. The van der Waals surface area contributed by atoms with E-state index in [2.05, 4.69) is 4.98 Å². The van der Waals surface area contributed by atoms with Crippen LogP contribution in [0, 0.1) is 0 Å². The van der Waals surface area contributed by atoms with Gasteiger partial charge in [0, 0.05) is 13.0 Å². The number of carbonyl (C=O) groups excluding carboxylic acids is 1. The number of β-amino-alcohol motifs (C(OH)–C–C–N with tert-alkyl or cyclic N) is 1. The second-order valence-corrected chi connectivity index (χ2v) is 5.26. The predicted octanol–water partition coefficient (Wildman–Crippen LogP) is 2.53. The first-order valence-corrected chi connectivity index (χ1v) is 6.30. The van der Waals surface area contributed by atoms with Gasteiger partial charge in [0.1, 0.15) is 10.8 Å². The number of aromatic nitrogens is 1. The molecule has 1 aliphatic rings. The van der Waals surface area contributed by atoms with Crippen LogP contribution in [0.4, 0.5) is 13.2 Å². The van der Waals surface area contributed by atoms with Crippen LogP contribution in [0.25, 0.3) is 0 Å². The SMILES string of the molecule is O=C(c1nc(Cl)ccc1Cl)N1CCC(O)(C(F)(F)F)C1. The summed E-state index contributed by atoms with van der Waals surface area (Å²) in [6.45, 7) is -1.08. The highest BCUT2D eigenvalue weighted by molar-refractivity contribution is 6.34. The van der Waals surface area contributed by atoms with Crippen LogP contribution in [0.15, 0.2) is 12.1 Å². The highest BCUT2D eigenvalue weighted by atomic mass is 35.5. The van der Waals surface area contributed by atoms with Gasteiger partial charge in [0.05, 0.1) is 11.6 Å². The normalized spacial score (nSPS) is 23.2. The molecule has 1 unspecified atom stereocenters. The van der Waals surface area contributed by atoms with Gasteiger partial charge < -0.3 is 10.0 Å². The highest BCUT2D eigenvalue weighted by Gasteiger charge is 2.58. The van der Waals surface area contributed by atoms with Crippen molar-refractivity contribution >= 4 is 29.1 Å². The Hall–Kier alpha value is -1.05. The first kappa shape index (κ1) is 15.3. The maximum atomic E-state index is 12.7. The number of halogens is 5. The van der Waals surface area contributed by atoms with Crippen molar-refractivity contribution in [2.75, 3.05) is 13.1 Å². The van der Waals surface area contributed by atoms with Crippen molar-refractivity contribution in [1.29, 1.82) is 0 Å². The van der Waals surface area contributed by atoms with Crippen molar-refractivity contribution in [2.45, 2.75) is 18.2 Å². The molecule has 1 atom stereocenters. The van der Waals surface area contributed by atoms with Crippen LogP contribution in [-0.4, -0.2) is 45.8 Å². The monoisotopic (exact) mass is 328 g/mol. The van der Waals surface area contributed by atoms with Crippen LogP contribution < -0.4 is 0 Å². The van der Waals surface area contributed by atoms with Gasteiger partial charge in [0.15, 0.2) is 5.60 Å². The van der Waals surface area contributed by atoms with E-state index in [1.54, 1.807) is 0 Å². The van der Waals surface area contributed by atoms with E-state index < -0.39 is 30.7 Å². The Kier molecular flexibility index (Phi) is 3.88. The summed E-state index contributed by atoms with van der Waals surface area (Å²) in [4.78, 5) is 16.6.